The van der Waals surface area contributed by atoms with Gasteiger partial charge in [-0.3, -0.25) is 10.1 Å². The van der Waals surface area contributed by atoms with Crippen molar-refractivity contribution in [3.05, 3.63) is 28.3 Å². The van der Waals surface area contributed by atoms with Gasteiger partial charge in [0.25, 0.3) is 5.69 Å². The highest BCUT2D eigenvalue weighted by molar-refractivity contribution is 5.63. The van der Waals surface area contributed by atoms with Gasteiger partial charge in [-0.25, -0.2) is 0 Å². The molecule has 1 N–H and O–H groups in total. The minimum absolute atomic E-state index is 0.0870. The monoisotopic (exact) mass is 264 g/mol. The van der Waals surface area contributed by atoms with Gasteiger partial charge in [-0.1, -0.05) is 12.8 Å². The molecule has 104 valence electrons. The number of nitrogens with one attached hydrogen (secondary N) is 1. The molecule has 0 heterocycles. The van der Waals surface area contributed by atoms with Gasteiger partial charge in [-0.05, 0) is 37.8 Å². The molecule has 1 aliphatic rings. The number of nitro benzene ring substituents is 1. The van der Waals surface area contributed by atoms with Crippen LogP contribution in [0, 0.1) is 16.0 Å². The largest absolute Gasteiger partial charge is 0.494 e. The van der Waals surface area contributed by atoms with Gasteiger partial charge in [0.2, 0.25) is 0 Å². The molecule has 1 saturated carbocycles. The fraction of sp³-hybridized carbons (Fsp3) is 0.571. The van der Waals surface area contributed by atoms with Gasteiger partial charge < -0.3 is 10.1 Å². The molecule has 0 aliphatic heterocycles. The summed E-state index contributed by atoms with van der Waals surface area (Å²) in [6, 6.07) is 4.99. The summed E-state index contributed by atoms with van der Waals surface area (Å²) in [7, 11) is 0. The second-order valence-corrected chi connectivity index (χ2v) is 4.90. The van der Waals surface area contributed by atoms with Gasteiger partial charge in [-0.2, -0.15) is 0 Å². The van der Waals surface area contributed by atoms with Crippen LogP contribution in [0.1, 0.15) is 32.6 Å². The Labute approximate surface area is 113 Å². The summed E-state index contributed by atoms with van der Waals surface area (Å²) in [6.07, 6.45) is 4.99. The highest BCUT2D eigenvalue weighted by Gasteiger charge is 2.18. The quantitative estimate of drug-likeness (QED) is 0.630. The summed E-state index contributed by atoms with van der Waals surface area (Å²) < 4.78 is 5.30. The Kier molecular flexibility index (Phi) is 4.60. The standard InChI is InChI=1S/C14H20N2O3/c1-2-19-12-7-8-13(14(9-12)16(17)18)15-10-11-5-3-4-6-11/h7-9,11,15H,2-6,10H2,1H3. The summed E-state index contributed by atoms with van der Waals surface area (Å²) in [5.74, 6) is 1.19. The molecule has 5 nitrogen and oxygen atoms in total. The first-order chi connectivity index (χ1) is 9.20. The normalized spacial score (nSPS) is 15.4. The van der Waals surface area contributed by atoms with Crippen LogP contribution >= 0.6 is 0 Å². The molecule has 5 heteroatoms. The molecular weight excluding hydrogens is 244 g/mol. The van der Waals surface area contributed by atoms with Crippen LogP contribution in [-0.4, -0.2) is 18.1 Å². The van der Waals surface area contributed by atoms with Crippen molar-refractivity contribution >= 4 is 11.4 Å². The number of nitrogens with zero attached hydrogens (tertiary/aromatic N) is 1. The molecule has 1 aromatic carbocycles. The zero-order valence-electron chi connectivity index (χ0n) is 11.2. The van der Waals surface area contributed by atoms with Crippen molar-refractivity contribution in [3.63, 3.8) is 0 Å². The number of ether oxygens (including phenoxy) is 1. The van der Waals surface area contributed by atoms with Crippen molar-refractivity contribution in [2.75, 3.05) is 18.5 Å². The molecule has 0 saturated heterocycles. The summed E-state index contributed by atoms with van der Waals surface area (Å²) >= 11 is 0. The molecule has 1 aliphatic carbocycles. The fourth-order valence-corrected chi connectivity index (χ4v) is 2.54. The number of nitro groups is 1. The lowest BCUT2D eigenvalue weighted by atomic mass is 10.1. The molecule has 0 bridgehead atoms. The molecule has 2 rings (SSSR count). The van der Waals surface area contributed by atoms with Crippen molar-refractivity contribution in [1.82, 2.24) is 0 Å². The molecule has 1 fully saturated rings. The van der Waals surface area contributed by atoms with E-state index in [0.717, 1.165) is 6.54 Å². The van der Waals surface area contributed by atoms with Crippen molar-refractivity contribution in [2.24, 2.45) is 5.92 Å². The first kappa shape index (κ1) is 13.6. The van der Waals surface area contributed by atoms with Crippen LogP contribution in [-0.2, 0) is 0 Å². The lowest BCUT2D eigenvalue weighted by Crippen LogP contribution is -2.12. The maximum absolute atomic E-state index is 11.1. The molecule has 0 unspecified atom stereocenters. The van der Waals surface area contributed by atoms with E-state index < -0.39 is 0 Å². The molecule has 0 radical (unpaired) electrons. The molecular formula is C14H20N2O3. The first-order valence-electron chi connectivity index (χ1n) is 6.85. The Bertz CT molecular complexity index is 442. The highest BCUT2D eigenvalue weighted by atomic mass is 16.6. The Morgan fingerprint density at radius 3 is 2.79 bits per heavy atom. The van der Waals surface area contributed by atoms with Crippen LogP contribution in [0.3, 0.4) is 0 Å². The van der Waals surface area contributed by atoms with E-state index >= 15 is 0 Å². The van der Waals surface area contributed by atoms with Crippen LogP contribution in [0.25, 0.3) is 0 Å². The Morgan fingerprint density at radius 1 is 1.42 bits per heavy atom. The van der Waals surface area contributed by atoms with E-state index in [2.05, 4.69) is 5.32 Å². The average Bonchev–Trinajstić information content (AvgIpc) is 2.90. The third kappa shape index (κ3) is 3.59. The van der Waals surface area contributed by atoms with Gasteiger partial charge >= 0.3 is 0 Å². The Hall–Kier alpha value is -1.78. The summed E-state index contributed by atoms with van der Waals surface area (Å²) in [5, 5.41) is 14.3. The third-order valence-electron chi connectivity index (χ3n) is 3.53. The van der Waals surface area contributed by atoms with E-state index in [9.17, 15) is 10.1 Å². The minimum Gasteiger partial charge on any atom is -0.494 e. The molecule has 1 aromatic rings. The smallest absolute Gasteiger partial charge is 0.296 e. The predicted molar refractivity (Wildman–Crippen MR) is 74.7 cm³/mol. The lowest BCUT2D eigenvalue weighted by molar-refractivity contribution is -0.384. The van der Waals surface area contributed by atoms with Crippen LogP contribution in [0.15, 0.2) is 18.2 Å². The predicted octanol–water partition coefficient (Wildman–Crippen LogP) is 3.60. The van der Waals surface area contributed by atoms with E-state index in [1.165, 1.54) is 31.7 Å². The molecule has 19 heavy (non-hydrogen) atoms. The van der Waals surface area contributed by atoms with Crippen LogP contribution in [0.4, 0.5) is 11.4 Å². The van der Waals surface area contributed by atoms with E-state index in [1.807, 2.05) is 6.92 Å². The molecule has 0 spiro atoms. The molecule has 0 atom stereocenters. The van der Waals surface area contributed by atoms with Gasteiger partial charge in [0.1, 0.15) is 11.4 Å². The van der Waals surface area contributed by atoms with E-state index in [0.29, 0.717) is 24.0 Å². The van der Waals surface area contributed by atoms with Crippen molar-refractivity contribution < 1.29 is 9.66 Å². The average molecular weight is 264 g/mol. The topological polar surface area (TPSA) is 64.4 Å². The van der Waals surface area contributed by atoms with Gasteiger partial charge in [0.05, 0.1) is 17.6 Å². The van der Waals surface area contributed by atoms with Crippen LogP contribution in [0.5, 0.6) is 5.75 Å². The fourth-order valence-electron chi connectivity index (χ4n) is 2.54. The molecule has 0 amide bonds. The first-order valence-corrected chi connectivity index (χ1v) is 6.85. The zero-order chi connectivity index (χ0) is 13.7. The van der Waals surface area contributed by atoms with E-state index in [-0.39, 0.29) is 10.6 Å². The van der Waals surface area contributed by atoms with E-state index in [1.54, 1.807) is 12.1 Å². The number of hydrogen-bond donors (Lipinski definition) is 1. The van der Waals surface area contributed by atoms with Crippen LogP contribution < -0.4 is 10.1 Å². The number of hydrogen-bond acceptors (Lipinski definition) is 4. The lowest BCUT2D eigenvalue weighted by Gasteiger charge is -2.12. The van der Waals surface area contributed by atoms with Gasteiger partial charge in [0, 0.05) is 6.54 Å². The number of rotatable bonds is 6. The summed E-state index contributed by atoms with van der Waals surface area (Å²) in [6.45, 7) is 3.18. The van der Waals surface area contributed by atoms with Crippen molar-refractivity contribution in [2.45, 2.75) is 32.6 Å². The van der Waals surface area contributed by atoms with Gasteiger partial charge in [0.15, 0.2) is 0 Å². The zero-order valence-corrected chi connectivity index (χ0v) is 11.2. The van der Waals surface area contributed by atoms with Gasteiger partial charge in [-0.15, -0.1) is 0 Å². The Balaban J connectivity index is 2.07. The number of benzene rings is 1. The summed E-state index contributed by atoms with van der Waals surface area (Å²) in [4.78, 5) is 10.7. The second-order valence-electron chi connectivity index (χ2n) is 4.90. The van der Waals surface area contributed by atoms with Crippen molar-refractivity contribution in [1.29, 1.82) is 0 Å². The third-order valence-corrected chi connectivity index (χ3v) is 3.53. The number of anilines is 1. The molecule has 0 aromatic heterocycles. The second kappa shape index (κ2) is 6.41. The SMILES string of the molecule is CCOc1ccc(NCC2CCCC2)c([N+](=O)[O-])c1. The Morgan fingerprint density at radius 2 is 2.16 bits per heavy atom. The minimum atomic E-state index is -0.362. The van der Waals surface area contributed by atoms with Crippen LogP contribution in [0.2, 0.25) is 0 Å². The highest BCUT2D eigenvalue weighted by Crippen LogP contribution is 2.31. The maximum Gasteiger partial charge on any atom is 0.296 e. The summed E-state index contributed by atoms with van der Waals surface area (Å²) in [5.41, 5.74) is 0.671. The van der Waals surface area contributed by atoms with E-state index in [4.69, 9.17) is 4.74 Å². The maximum atomic E-state index is 11.1. The van der Waals surface area contributed by atoms with Crippen molar-refractivity contribution in [3.8, 4) is 5.75 Å².